The fraction of sp³-hybridized carbons (Fsp3) is 0.800. The van der Waals surface area contributed by atoms with E-state index in [0.717, 1.165) is 30.3 Å². The maximum absolute atomic E-state index is 8.33. The molecule has 52 valence electrons. The Morgan fingerprint density at radius 2 is 2.56 bits per heavy atom. The largest absolute Gasteiger partial charge is 0.409 e. The molecule has 0 spiro atoms. The Bertz CT molecular complexity index is 106. The normalized spacial score (nSPS) is 25.1. The molecule has 0 aliphatic carbocycles. The van der Waals surface area contributed by atoms with Gasteiger partial charge in [-0.05, 0) is 12.2 Å². The highest BCUT2D eigenvalue weighted by Gasteiger charge is 2.03. The van der Waals surface area contributed by atoms with E-state index < -0.39 is 0 Å². The molecule has 0 unspecified atom stereocenters. The van der Waals surface area contributed by atoms with Crippen molar-refractivity contribution in [2.24, 2.45) is 5.16 Å². The summed E-state index contributed by atoms with van der Waals surface area (Å²) in [5.41, 5.74) is 0. The van der Waals surface area contributed by atoms with Crippen LogP contribution in [0.2, 0.25) is 0 Å². The Morgan fingerprint density at radius 1 is 1.67 bits per heavy atom. The maximum atomic E-state index is 8.33. The summed E-state index contributed by atoms with van der Waals surface area (Å²) in [6, 6.07) is 0. The van der Waals surface area contributed by atoms with Gasteiger partial charge < -0.3 is 10.5 Å². The number of hydrogen-bond donors (Lipinski definition) is 2. The average Bonchev–Trinajstić information content (AvgIpc) is 2.13. The molecule has 4 heteroatoms. The van der Waals surface area contributed by atoms with Crippen LogP contribution in [0.25, 0.3) is 0 Å². The fourth-order valence-corrected chi connectivity index (χ4v) is 1.48. The van der Waals surface area contributed by atoms with Gasteiger partial charge in [-0.3, -0.25) is 0 Å². The number of thioether (sulfide) groups is 1. The zero-order valence-corrected chi connectivity index (χ0v) is 5.95. The van der Waals surface area contributed by atoms with Crippen molar-refractivity contribution in [2.45, 2.75) is 12.8 Å². The number of nitrogens with one attached hydrogen (secondary N) is 1. The Morgan fingerprint density at radius 3 is 3.33 bits per heavy atom. The molecule has 1 aliphatic heterocycles. The lowest BCUT2D eigenvalue weighted by Gasteiger charge is -1.98. The first kappa shape index (κ1) is 6.74. The lowest BCUT2D eigenvalue weighted by atomic mass is 10.3. The van der Waals surface area contributed by atoms with Crippen molar-refractivity contribution in [3.63, 3.8) is 0 Å². The van der Waals surface area contributed by atoms with Gasteiger partial charge in [-0.1, -0.05) is 5.16 Å². The zero-order valence-electron chi connectivity index (χ0n) is 5.13. The van der Waals surface area contributed by atoms with Crippen LogP contribution in [0.1, 0.15) is 12.8 Å². The first-order chi connectivity index (χ1) is 4.43. The molecule has 1 fully saturated rings. The van der Waals surface area contributed by atoms with Crippen LogP contribution in [0.15, 0.2) is 5.16 Å². The van der Waals surface area contributed by atoms with Crippen molar-refractivity contribution < 1.29 is 5.21 Å². The molecule has 1 aliphatic rings. The summed E-state index contributed by atoms with van der Waals surface area (Å²) < 4.78 is 0. The lowest BCUT2D eigenvalue weighted by Crippen LogP contribution is -2.20. The number of amidine groups is 1. The number of nitrogens with zero attached hydrogens (tertiary/aromatic N) is 1. The third-order valence-electron chi connectivity index (χ3n) is 1.20. The second-order valence-corrected chi connectivity index (χ2v) is 2.98. The highest BCUT2D eigenvalue weighted by Crippen LogP contribution is 2.07. The highest BCUT2D eigenvalue weighted by molar-refractivity contribution is 7.99. The minimum Gasteiger partial charge on any atom is -0.409 e. The van der Waals surface area contributed by atoms with E-state index in [9.17, 15) is 0 Å². The summed E-state index contributed by atoms with van der Waals surface area (Å²) in [5, 5.41) is 14.4. The van der Waals surface area contributed by atoms with Gasteiger partial charge in [-0.15, -0.1) is 11.8 Å². The van der Waals surface area contributed by atoms with E-state index in [-0.39, 0.29) is 0 Å². The summed E-state index contributed by atoms with van der Waals surface area (Å²) >= 11 is 1.83. The van der Waals surface area contributed by atoms with Crippen LogP contribution in [-0.2, 0) is 0 Å². The molecule has 0 radical (unpaired) electrons. The molecule has 1 heterocycles. The van der Waals surface area contributed by atoms with Gasteiger partial charge in [0.1, 0.15) is 5.84 Å². The predicted octanol–water partition coefficient (Wildman–Crippen LogP) is 0.848. The number of rotatable bonds is 0. The van der Waals surface area contributed by atoms with Gasteiger partial charge in [0, 0.05) is 6.42 Å². The molecular weight excluding hydrogens is 136 g/mol. The quantitative estimate of drug-likeness (QED) is 0.393. The first-order valence-electron chi connectivity index (χ1n) is 2.96. The van der Waals surface area contributed by atoms with Crippen LogP contribution in [0.3, 0.4) is 0 Å². The smallest absolute Gasteiger partial charge is 0.142 e. The minimum absolute atomic E-state index is 0.722. The molecule has 0 amide bonds. The molecule has 0 aromatic carbocycles. The van der Waals surface area contributed by atoms with Crippen LogP contribution in [0, 0.1) is 0 Å². The molecule has 1 rings (SSSR count). The Hall–Kier alpha value is -0.380. The van der Waals surface area contributed by atoms with Gasteiger partial charge in [0.15, 0.2) is 0 Å². The highest BCUT2D eigenvalue weighted by atomic mass is 32.2. The summed E-state index contributed by atoms with van der Waals surface area (Å²) in [5.74, 6) is 2.76. The van der Waals surface area contributed by atoms with Gasteiger partial charge in [-0.25, -0.2) is 0 Å². The predicted molar refractivity (Wildman–Crippen MR) is 38.9 cm³/mol. The Labute approximate surface area is 58.5 Å². The lowest BCUT2D eigenvalue weighted by molar-refractivity contribution is 0.315. The van der Waals surface area contributed by atoms with Crippen molar-refractivity contribution in [2.75, 3.05) is 11.6 Å². The SMILES string of the molecule is O/N=C1/CCCSCN1. The molecule has 1 saturated heterocycles. The summed E-state index contributed by atoms with van der Waals surface area (Å²) in [6.07, 6.45) is 1.99. The average molecular weight is 146 g/mol. The molecule has 9 heavy (non-hydrogen) atoms. The van der Waals surface area contributed by atoms with Gasteiger partial charge in [0.2, 0.25) is 0 Å². The van der Waals surface area contributed by atoms with Crippen molar-refractivity contribution in [3.05, 3.63) is 0 Å². The second kappa shape index (κ2) is 3.61. The van der Waals surface area contributed by atoms with Gasteiger partial charge >= 0.3 is 0 Å². The van der Waals surface area contributed by atoms with E-state index in [1.807, 2.05) is 11.8 Å². The van der Waals surface area contributed by atoms with Crippen molar-refractivity contribution >= 4 is 17.6 Å². The molecule has 0 saturated carbocycles. The molecular formula is C5H10N2OS. The maximum Gasteiger partial charge on any atom is 0.142 e. The van der Waals surface area contributed by atoms with E-state index >= 15 is 0 Å². The van der Waals surface area contributed by atoms with Crippen molar-refractivity contribution in [1.29, 1.82) is 0 Å². The van der Waals surface area contributed by atoms with Crippen molar-refractivity contribution in [3.8, 4) is 0 Å². The third kappa shape index (κ3) is 2.13. The zero-order chi connectivity index (χ0) is 6.53. The van der Waals surface area contributed by atoms with E-state index in [1.54, 1.807) is 0 Å². The van der Waals surface area contributed by atoms with Crippen LogP contribution in [0.5, 0.6) is 0 Å². The molecule has 0 bridgehead atoms. The standard InChI is InChI=1S/C5H10N2OS/c8-7-5-2-1-3-9-4-6-5/h8H,1-4H2,(H,6,7). The molecule has 3 nitrogen and oxygen atoms in total. The van der Waals surface area contributed by atoms with Crippen LogP contribution < -0.4 is 5.32 Å². The minimum atomic E-state index is 0.722. The van der Waals surface area contributed by atoms with E-state index in [2.05, 4.69) is 10.5 Å². The van der Waals surface area contributed by atoms with E-state index in [1.165, 1.54) is 0 Å². The Kier molecular flexibility index (Phi) is 2.70. The number of hydrogen-bond acceptors (Lipinski definition) is 3. The molecule has 2 N–H and O–H groups in total. The summed E-state index contributed by atoms with van der Waals surface area (Å²) in [6.45, 7) is 0. The van der Waals surface area contributed by atoms with Gasteiger partial charge in [0.05, 0.1) is 5.88 Å². The van der Waals surface area contributed by atoms with Crippen LogP contribution in [0.4, 0.5) is 0 Å². The molecule has 0 aromatic rings. The second-order valence-electron chi connectivity index (χ2n) is 1.88. The summed E-state index contributed by atoms with van der Waals surface area (Å²) in [7, 11) is 0. The van der Waals surface area contributed by atoms with Crippen LogP contribution in [-0.4, -0.2) is 22.7 Å². The molecule has 0 atom stereocenters. The van der Waals surface area contributed by atoms with Gasteiger partial charge in [0.25, 0.3) is 0 Å². The van der Waals surface area contributed by atoms with Crippen LogP contribution >= 0.6 is 11.8 Å². The Balaban J connectivity index is 2.36. The topological polar surface area (TPSA) is 44.6 Å². The molecule has 0 aromatic heterocycles. The summed E-state index contributed by atoms with van der Waals surface area (Å²) in [4.78, 5) is 0. The van der Waals surface area contributed by atoms with Gasteiger partial charge in [-0.2, -0.15) is 0 Å². The number of oxime groups is 1. The fourth-order valence-electron chi connectivity index (χ4n) is 0.722. The monoisotopic (exact) mass is 146 g/mol. The first-order valence-corrected chi connectivity index (χ1v) is 4.11. The third-order valence-corrected chi connectivity index (χ3v) is 2.13. The van der Waals surface area contributed by atoms with Crippen molar-refractivity contribution in [1.82, 2.24) is 5.32 Å². The van der Waals surface area contributed by atoms with E-state index in [4.69, 9.17) is 5.21 Å². The van der Waals surface area contributed by atoms with E-state index in [0.29, 0.717) is 0 Å².